The van der Waals surface area contributed by atoms with Crippen molar-refractivity contribution >= 4 is 11.9 Å². The first-order valence-electron chi connectivity index (χ1n) is 7.42. The van der Waals surface area contributed by atoms with Crippen molar-refractivity contribution in [2.75, 3.05) is 0 Å². The van der Waals surface area contributed by atoms with E-state index in [0.717, 1.165) is 0 Å². The molecule has 1 aliphatic rings. The maximum Gasteiger partial charge on any atom is 0.334 e. The molecule has 0 spiro atoms. The smallest absolute Gasteiger partial charge is 0.334 e. The molecule has 3 N–H and O–H groups in total. The number of hydrogen-bond acceptors (Lipinski definition) is 3. The molecule has 0 fully saturated rings. The number of aliphatic hydroxyl groups is 1. The van der Waals surface area contributed by atoms with E-state index in [4.69, 9.17) is 10.2 Å². The normalized spacial score (nSPS) is 22.6. The van der Waals surface area contributed by atoms with Crippen molar-refractivity contribution in [1.82, 2.24) is 0 Å². The van der Waals surface area contributed by atoms with E-state index in [1.165, 1.54) is 43.6 Å². The summed E-state index contributed by atoms with van der Waals surface area (Å²) < 4.78 is 0. The van der Waals surface area contributed by atoms with Crippen LogP contribution in [0.25, 0.3) is 0 Å². The number of aliphatic carboxylic acids is 2. The van der Waals surface area contributed by atoms with Crippen LogP contribution in [0.2, 0.25) is 0 Å². The van der Waals surface area contributed by atoms with Gasteiger partial charge < -0.3 is 15.3 Å². The highest BCUT2D eigenvalue weighted by Gasteiger charge is 2.43. The average molecular weight is 318 g/mol. The number of benzene rings is 1. The SMILES string of the molecule is CC1(O)C(C(=O)O)=CC=CC1C(=O)O.CCCc1ccccc1. The van der Waals surface area contributed by atoms with Crippen LogP contribution in [0.5, 0.6) is 0 Å². The van der Waals surface area contributed by atoms with Crippen molar-refractivity contribution in [3.63, 3.8) is 0 Å². The highest BCUT2D eigenvalue weighted by molar-refractivity contribution is 5.92. The van der Waals surface area contributed by atoms with Gasteiger partial charge in [0, 0.05) is 0 Å². The minimum Gasteiger partial charge on any atom is -0.481 e. The first-order chi connectivity index (χ1) is 10.8. The fourth-order valence-electron chi connectivity index (χ4n) is 2.33. The Bertz CT molecular complexity index is 599. The second kappa shape index (κ2) is 8.29. The molecular formula is C18H22O5. The molecule has 1 aromatic rings. The summed E-state index contributed by atoms with van der Waals surface area (Å²) in [4.78, 5) is 21.4. The summed E-state index contributed by atoms with van der Waals surface area (Å²) in [5, 5.41) is 27.2. The van der Waals surface area contributed by atoms with Gasteiger partial charge in [0.05, 0.1) is 5.57 Å². The maximum absolute atomic E-state index is 10.7. The quantitative estimate of drug-likeness (QED) is 0.793. The molecule has 0 aromatic heterocycles. The lowest BCUT2D eigenvalue weighted by molar-refractivity contribution is -0.147. The van der Waals surface area contributed by atoms with Gasteiger partial charge in [-0.05, 0) is 25.0 Å². The Kier molecular flexibility index (Phi) is 6.72. The van der Waals surface area contributed by atoms with Crippen LogP contribution in [0, 0.1) is 5.92 Å². The van der Waals surface area contributed by atoms with Crippen molar-refractivity contribution in [3.8, 4) is 0 Å². The highest BCUT2D eigenvalue weighted by Crippen LogP contribution is 2.30. The second-order valence-corrected chi connectivity index (χ2v) is 5.47. The largest absolute Gasteiger partial charge is 0.481 e. The summed E-state index contributed by atoms with van der Waals surface area (Å²) in [6.07, 6.45) is 6.22. The van der Waals surface area contributed by atoms with Crippen LogP contribution in [0.15, 0.2) is 54.1 Å². The second-order valence-electron chi connectivity index (χ2n) is 5.47. The molecule has 0 radical (unpaired) electrons. The lowest BCUT2D eigenvalue weighted by Crippen LogP contribution is -2.43. The standard InChI is InChI=1S/C9H10O5.C9H12/c1-9(14)5(7(10)11)3-2-4-6(9)8(12)13;1-2-6-9-7-4-3-5-8-9/h2-5,14H,1H3,(H,10,11)(H,12,13);3-5,7-8H,2,6H2,1H3. The van der Waals surface area contributed by atoms with Gasteiger partial charge in [-0.3, -0.25) is 4.79 Å². The minimum absolute atomic E-state index is 0.313. The molecule has 23 heavy (non-hydrogen) atoms. The van der Waals surface area contributed by atoms with E-state index in [1.807, 2.05) is 0 Å². The van der Waals surface area contributed by atoms with Gasteiger partial charge in [-0.15, -0.1) is 0 Å². The zero-order chi connectivity index (χ0) is 17.5. The zero-order valence-corrected chi connectivity index (χ0v) is 13.3. The lowest BCUT2D eigenvalue weighted by atomic mass is 9.79. The molecule has 5 nitrogen and oxygen atoms in total. The molecule has 5 heteroatoms. The summed E-state index contributed by atoms with van der Waals surface area (Å²) in [6.45, 7) is 3.38. The molecule has 0 amide bonds. The van der Waals surface area contributed by atoms with Gasteiger partial charge in [-0.25, -0.2) is 4.79 Å². The fourth-order valence-corrected chi connectivity index (χ4v) is 2.33. The van der Waals surface area contributed by atoms with Crippen molar-refractivity contribution in [2.45, 2.75) is 32.3 Å². The molecule has 2 unspecified atom stereocenters. The van der Waals surface area contributed by atoms with Gasteiger partial charge in [0.25, 0.3) is 0 Å². The van der Waals surface area contributed by atoms with Crippen molar-refractivity contribution in [3.05, 3.63) is 59.7 Å². The Hall–Kier alpha value is -2.40. The van der Waals surface area contributed by atoms with Crippen LogP contribution in [-0.2, 0) is 16.0 Å². The van der Waals surface area contributed by atoms with Crippen LogP contribution in [0.1, 0.15) is 25.8 Å². The van der Waals surface area contributed by atoms with E-state index in [0.29, 0.717) is 0 Å². The summed E-state index contributed by atoms with van der Waals surface area (Å²) in [7, 11) is 0. The number of hydrogen-bond donors (Lipinski definition) is 3. The summed E-state index contributed by atoms with van der Waals surface area (Å²) >= 11 is 0. The predicted molar refractivity (Wildman–Crippen MR) is 87.0 cm³/mol. The number of carboxylic acids is 2. The molecule has 2 rings (SSSR count). The third-order valence-electron chi connectivity index (χ3n) is 3.60. The van der Waals surface area contributed by atoms with Crippen LogP contribution >= 0.6 is 0 Å². The van der Waals surface area contributed by atoms with Gasteiger partial charge in [0.15, 0.2) is 0 Å². The van der Waals surface area contributed by atoms with E-state index in [-0.39, 0.29) is 5.57 Å². The number of carbonyl (C=O) groups is 2. The summed E-state index contributed by atoms with van der Waals surface area (Å²) in [5.41, 5.74) is -0.737. The third-order valence-corrected chi connectivity index (χ3v) is 3.60. The molecular weight excluding hydrogens is 296 g/mol. The molecule has 1 aliphatic carbocycles. The van der Waals surface area contributed by atoms with Gasteiger partial charge in [-0.1, -0.05) is 55.8 Å². The number of aryl methyl sites for hydroxylation is 1. The van der Waals surface area contributed by atoms with Gasteiger partial charge in [-0.2, -0.15) is 0 Å². The first kappa shape index (κ1) is 18.6. The molecule has 0 saturated heterocycles. The molecule has 0 saturated carbocycles. The van der Waals surface area contributed by atoms with Crippen LogP contribution in [0.3, 0.4) is 0 Å². The molecule has 1 aromatic carbocycles. The highest BCUT2D eigenvalue weighted by atomic mass is 16.4. The predicted octanol–water partition coefficient (Wildman–Crippen LogP) is 2.66. The number of rotatable bonds is 4. The van der Waals surface area contributed by atoms with Crippen LogP contribution in [0.4, 0.5) is 0 Å². The molecule has 124 valence electrons. The monoisotopic (exact) mass is 318 g/mol. The lowest BCUT2D eigenvalue weighted by Gasteiger charge is -2.30. The van der Waals surface area contributed by atoms with E-state index < -0.39 is 23.5 Å². The average Bonchev–Trinajstić information content (AvgIpc) is 2.48. The van der Waals surface area contributed by atoms with Crippen LogP contribution in [-0.4, -0.2) is 32.9 Å². The minimum atomic E-state index is -1.87. The Morgan fingerprint density at radius 3 is 2.26 bits per heavy atom. The summed E-state index contributed by atoms with van der Waals surface area (Å²) in [5.74, 6) is -3.79. The Morgan fingerprint density at radius 1 is 1.17 bits per heavy atom. The van der Waals surface area contributed by atoms with Crippen molar-refractivity contribution < 1.29 is 24.9 Å². The summed E-state index contributed by atoms with van der Waals surface area (Å²) in [6, 6.07) is 10.6. The third kappa shape index (κ3) is 5.07. The van der Waals surface area contributed by atoms with Gasteiger partial charge in [0.1, 0.15) is 11.5 Å². The van der Waals surface area contributed by atoms with Gasteiger partial charge >= 0.3 is 11.9 Å². The number of carboxylic acid groups (broad SMARTS) is 2. The molecule has 0 heterocycles. The molecule has 0 bridgehead atoms. The van der Waals surface area contributed by atoms with Gasteiger partial charge in [0.2, 0.25) is 0 Å². The zero-order valence-electron chi connectivity index (χ0n) is 13.3. The van der Waals surface area contributed by atoms with Crippen molar-refractivity contribution in [1.29, 1.82) is 0 Å². The first-order valence-corrected chi connectivity index (χ1v) is 7.42. The molecule has 2 atom stereocenters. The van der Waals surface area contributed by atoms with E-state index in [2.05, 4.69) is 37.3 Å². The van der Waals surface area contributed by atoms with E-state index in [9.17, 15) is 14.7 Å². The van der Waals surface area contributed by atoms with Crippen LogP contribution < -0.4 is 0 Å². The topological polar surface area (TPSA) is 94.8 Å². The Morgan fingerprint density at radius 2 is 1.78 bits per heavy atom. The number of allylic oxidation sites excluding steroid dienone is 2. The molecule has 0 aliphatic heterocycles. The Balaban J connectivity index is 0.000000253. The fraction of sp³-hybridized carbons (Fsp3) is 0.333. The van der Waals surface area contributed by atoms with Crippen molar-refractivity contribution in [2.24, 2.45) is 5.92 Å². The van der Waals surface area contributed by atoms with E-state index in [1.54, 1.807) is 0 Å². The Labute approximate surface area is 135 Å². The maximum atomic E-state index is 10.7. The van der Waals surface area contributed by atoms with E-state index >= 15 is 0 Å².